The zero-order chi connectivity index (χ0) is 9.84. The molecule has 0 atom stereocenters. The summed E-state index contributed by atoms with van der Waals surface area (Å²) in [5.74, 6) is -0.474. The van der Waals surface area contributed by atoms with Gasteiger partial charge in [-0.05, 0) is 13.0 Å². The lowest BCUT2D eigenvalue weighted by atomic mass is 10.4. The SMILES string of the molecule is CCOC(=O)c1sc(C=O)cc1N. The van der Waals surface area contributed by atoms with Crippen molar-refractivity contribution in [1.82, 2.24) is 0 Å². The maximum atomic E-state index is 11.2. The number of carbonyl (C=O) groups is 2. The highest BCUT2D eigenvalue weighted by molar-refractivity contribution is 7.16. The molecule has 0 aliphatic rings. The van der Waals surface area contributed by atoms with Gasteiger partial charge in [0.15, 0.2) is 6.29 Å². The molecule has 0 amide bonds. The smallest absolute Gasteiger partial charge is 0.350 e. The zero-order valence-electron chi connectivity index (χ0n) is 7.07. The van der Waals surface area contributed by atoms with Crippen molar-refractivity contribution in [2.45, 2.75) is 6.92 Å². The van der Waals surface area contributed by atoms with Gasteiger partial charge in [-0.1, -0.05) is 0 Å². The number of aldehydes is 1. The average molecular weight is 199 g/mol. The summed E-state index contributed by atoms with van der Waals surface area (Å²) >= 11 is 1.04. The van der Waals surface area contributed by atoms with Gasteiger partial charge in [-0.15, -0.1) is 11.3 Å². The van der Waals surface area contributed by atoms with Gasteiger partial charge in [-0.3, -0.25) is 4.79 Å². The first-order chi connectivity index (χ1) is 6.19. The molecule has 1 heterocycles. The van der Waals surface area contributed by atoms with E-state index in [4.69, 9.17) is 10.5 Å². The van der Waals surface area contributed by atoms with E-state index in [1.165, 1.54) is 6.07 Å². The minimum absolute atomic E-state index is 0.295. The molecular weight excluding hydrogens is 190 g/mol. The monoisotopic (exact) mass is 199 g/mol. The second-order valence-corrected chi connectivity index (χ2v) is 3.36. The Hall–Kier alpha value is -1.36. The molecule has 1 aromatic rings. The number of thiophene rings is 1. The van der Waals surface area contributed by atoms with E-state index in [1.807, 2.05) is 0 Å². The van der Waals surface area contributed by atoms with Crippen molar-refractivity contribution in [1.29, 1.82) is 0 Å². The highest BCUT2D eigenvalue weighted by Gasteiger charge is 2.14. The molecule has 2 N–H and O–H groups in total. The number of hydrogen-bond acceptors (Lipinski definition) is 5. The van der Waals surface area contributed by atoms with Gasteiger partial charge in [0.25, 0.3) is 0 Å². The molecule has 0 unspecified atom stereocenters. The summed E-state index contributed by atoms with van der Waals surface area (Å²) < 4.78 is 4.74. The van der Waals surface area contributed by atoms with Gasteiger partial charge in [-0.2, -0.15) is 0 Å². The third-order valence-electron chi connectivity index (χ3n) is 1.36. The molecule has 5 heteroatoms. The van der Waals surface area contributed by atoms with E-state index in [-0.39, 0.29) is 0 Å². The van der Waals surface area contributed by atoms with Crippen LogP contribution in [0.15, 0.2) is 6.07 Å². The van der Waals surface area contributed by atoms with E-state index < -0.39 is 5.97 Å². The van der Waals surface area contributed by atoms with Crippen LogP contribution in [0.5, 0.6) is 0 Å². The average Bonchev–Trinajstić information content (AvgIpc) is 2.47. The Kier molecular flexibility index (Phi) is 3.02. The van der Waals surface area contributed by atoms with Crippen molar-refractivity contribution in [2.75, 3.05) is 12.3 Å². The number of nitrogen functional groups attached to an aromatic ring is 1. The Balaban J connectivity index is 2.93. The number of nitrogens with two attached hydrogens (primary N) is 1. The topological polar surface area (TPSA) is 69.4 Å². The van der Waals surface area contributed by atoms with Crippen LogP contribution in [0.3, 0.4) is 0 Å². The van der Waals surface area contributed by atoms with Gasteiger partial charge in [0, 0.05) is 0 Å². The predicted octanol–water partition coefficient (Wildman–Crippen LogP) is 1.32. The van der Waals surface area contributed by atoms with Gasteiger partial charge >= 0.3 is 5.97 Å². The summed E-state index contributed by atoms with van der Waals surface area (Å²) in [4.78, 5) is 22.3. The largest absolute Gasteiger partial charge is 0.462 e. The summed E-state index contributed by atoms with van der Waals surface area (Å²) in [5.41, 5.74) is 5.80. The van der Waals surface area contributed by atoms with Gasteiger partial charge in [0.2, 0.25) is 0 Å². The second-order valence-electron chi connectivity index (χ2n) is 2.27. The number of hydrogen-bond donors (Lipinski definition) is 1. The highest BCUT2D eigenvalue weighted by atomic mass is 32.1. The molecule has 1 rings (SSSR count). The maximum Gasteiger partial charge on any atom is 0.350 e. The van der Waals surface area contributed by atoms with Crippen molar-refractivity contribution >= 4 is 29.3 Å². The van der Waals surface area contributed by atoms with Crippen molar-refractivity contribution < 1.29 is 14.3 Å². The molecule has 70 valence electrons. The van der Waals surface area contributed by atoms with Gasteiger partial charge < -0.3 is 10.5 Å². The van der Waals surface area contributed by atoms with Gasteiger partial charge in [0.05, 0.1) is 17.2 Å². The fourth-order valence-electron chi connectivity index (χ4n) is 0.839. The van der Waals surface area contributed by atoms with Crippen molar-refractivity contribution in [3.8, 4) is 0 Å². The Bertz CT molecular complexity index is 332. The van der Waals surface area contributed by atoms with Crippen LogP contribution in [0.4, 0.5) is 5.69 Å². The molecule has 0 fully saturated rings. The quantitative estimate of drug-likeness (QED) is 0.588. The van der Waals surface area contributed by atoms with Gasteiger partial charge in [-0.25, -0.2) is 4.79 Å². The normalized spacial score (nSPS) is 9.62. The molecule has 0 aliphatic carbocycles. The molecule has 0 saturated carbocycles. The minimum atomic E-state index is -0.474. The summed E-state index contributed by atoms with van der Waals surface area (Å²) in [5, 5.41) is 0. The molecule has 0 bridgehead atoms. The molecule has 1 aromatic heterocycles. The summed E-state index contributed by atoms with van der Waals surface area (Å²) in [6, 6.07) is 1.46. The van der Waals surface area contributed by atoms with Crippen LogP contribution >= 0.6 is 11.3 Å². The van der Waals surface area contributed by atoms with E-state index >= 15 is 0 Å². The molecule has 0 aromatic carbocycles. The molecule has 0 aliphatic heterocycles. The van der Waals surface area contributed by atoms with E-state index in [0.29, 0.717) is 28.3 Å². The minimum Gasteiger partial charge on any atom is -0.462 e. The first-order valence-corrected chi connectivity index (χ1v) is 4.52. The first-order valence-electron chi connectivity index (χ1n) is 3.70. The summed E-state index contributed by atoms with van der Waals surface area (Å²) in [6.45, 7) is 2.01. The van der Waals surface area contributed by atoms with E-state index in [1.54, 1.807) is 6.92 Å². The van der Waals surface area contributed by atoms with Crippen molar-refractivity contribution in [2.24, 2.45) is 0 Å². The molecule has 13 heavy (non-hydrogen) atoms. The predicted molar refractivity (Wildman–Crippen MR) is 50.1 cm³/mol. The van der Waals surface area contributed by atoms with Crippen LogP contribution in [0, 0.1) is 0 Å². The van der Waals surface area contributed by atoms with Crippen LogP contribution in [-0.4, -0.2) is 18.9 Å². The fraction of sp³-hybridized carbons (Fsp3) is 0.250. The molecular formula is C8H9NO3S. The number of carbonyl (C=O) groups excluding carboxylic acids is 2. The number of ether oxygens (including phenoxy) is 1. The summed E-state index contributed by atoms with van der Waals surface area (Å²) in [7, 11) is 0. The maximum absolute atomic E-state index is 11.2. The third-order valence-corrected chi connectivity index (χ3v) is 2.41. The lowest BCUT2D eigenvalue weighted by Crippen LogP contribution is -2.04. The Morgan fingerprint density at radius 3 is 2.92 bits per heavy atom. The highest BCUT2D eigenvalue weighted by Crippen LogP contribution is 2.23. The molecule has 0 saturated heterocycles. The standard InChI is InChI=1S/C8H9NO3S/c1-2-12-8(11)7-6(9)3-5(4-10)13-7/h3-4H,2,9H2,1H3. The Morgan fingerprint density at radius 1 is 1.77 bits per heavy atom. The lowest BCUT2D eigenvalue weighted by Gasteiger charge is -1.98. The number of esters is 1. The van der Waals surface area contributed by atoms with Crippen LogP contribution in [0.2, 0.25) is 0 Å². The second kappa shape index (κ2) is 4.04. The summed E-state index contributed by atoms with van der Waals surface area (Å²) in [6.07, 6.45) is 0.657. The van der Waals surface area contributed by atoms with Crippen LogP contribution < -0.4 is 5.73 Å². The van der Waals surface area contributed by atoms with Crippen molar-refractivity contribution in [3.05, 3.63) is 15.8 Å². The van der Waals surface area contributed by atoms with Crippen LogP contribution in [0.25, 0.3) is 0 Å². The van der Waals surface area contributed by atoms with Crippen molar-refractivity contribution in [3.63, 3.8) is 0 Å². The third kappa shape index (κ3) is 2.06. The Labute approximate surface area is 79.3 Å². The van der Waals surface area contributed by atoms with Crippen LogP contribution in [-0.2, 0) is 4.74 Å². The number of anilines is 1. The molecule has 4 nitrogen and oxygen atoms in total. The van der Waals surface area contributed by atoms with E-state index in [2.05, 4.69) is 0 Å². The van der Waals surface area contributed by atoms with Gasteiger partial charge in [0.1, 0.15) is 4.88 Å². The van der Waals surface area contributed by atoms with E-state index in [9.17, 15) is 9.59 Å². The fourth-order valence-corrected chi connectivity index (χ4v) is 1.63. The van der Waals surface area contributed by atoms with Crippen LogP contribution in [0.1, 0.15) is 26.3 Å². The molecule has 0 spiro atoms. The first kappa shape index (κ1) is 9.73. The Morgan fingerprint density at radius 2 is 2.46 bits per heavy atom. The number of rotatable bonds is 3. The van der Waals surface area contributed by atoms with E-state index in [0.717, 1.165) is 11.3 Å². The molecule has 0 radical (unpaired) electrons. The zero-order valence-corrected chi connectivity index (χ0v) is 7.89. The lowest BCUT2D eigenvalue weighted by molar-refractivity contribution is 0.0533.